The van der Waals surface area contributed by atoms with E-state index in [1.165, 1.54) is 0 Å². The van der Waals surface area contributed by atoms with Gasteiger partial charge in [-0.15, -0.1) is 4.91 Å². The molecule has 0 aromatic carbocycles. The second-order valence-electron chi connectivity index (χ2n) is 0.183. The molecule has 0 unspecified atom stereocenters. The zero-order chi connectivity index (χ0) is 3.41. The fraction of sp³-hybridized carbons (Fsp3) is 0. The van der Waals surface area contributed by atoms with Gasteiger partial charge in [0.1, 0.15) is 0 Å². The number of hydrogen-bond donors (Lipinski definition) is 1. The Morgan fingerprint density at radius 1 is 1.80 bits per heavy atom. The maximum Gasteiger partial charge on any atom is 1.00 e. The molecule has 0 atom stereocenters. The third-order valence-electron chi connectivity index (χ3n) is 0.0373. The SMILES string of the molecule is O=NN[O-].[K+]. The summed E-state index contributed by atoms with van der Waals surface area (Å²) in [6, 6.07) is 0. The van der Waals surface area contributed by atoms with Crippen LogP contribution in [0.3, 0.4) is 0 Å². The Morgan fingerprint density at radius 2 is 2.00 bits per heavy atom. The summed E-state index contributed by atoms with van der Waals surface area (Å²) in [7, 11) is 0. The molecule has 0 aliphatic heterocycles. The van der Waals surface area contributed by atoms with Crippen LogP contribution in [0.2, 0.25) is 0 Å². The summed E-state index contributed by atoms with van der Waals surface area (Å²) in [6.07, 6.45) is 0. The van der Waals surface area contributed by atoms with Gasteiger partial charge in [0.05, 0.1) is 0 Å². The largest absolute Gasteiger partial charge is 1.00 e. The van der Waals surface area contributed by atoms with Crippen LogP contribution in [0.1, 0.15) is 0 Å². The summed E-state index contributed by atoms with van der Waals surface area (Å²) >= 11 is 0. The van der Waals surface area contributed by atoms with Crippen molar-refractivity contribution >= 4 is 0 Å². The average Bonchev–Trinajstić information content (AvgIpc) is 1.37. The van der Waals surface area contributed by atoms with Gasteiger partial charge in [0.15, 0.2) is 0 Å². The molecule has 0 saturated carbocycles. The summed E-state index contributed by atoms with van der Waals surface area (Å²) in [5, 5.41) is 10.2. The van der Waals surface area contributed by atoms with E-state index in [1.807, 2.05) is 0 Å². The molecule has 0 rings (SSSR count). The summed E-state index contributed by atoms with van der Waals surface area (Å²) in [6.45, 7) is 0. The third kappa shape index (κ3) is 11.3. The van der Waals surface area contributed by atoms with E-state index in [0.29, 0.717) is 0 Å². The Hall–Kier alpha value is 0.996. The minimum absolute atomic E-state index is 0. The predicted octanol–water partition coefficient (Wildman–Crippen LogP) is -3.24. The number of nitrogens with zero attached hydrogens (tertiary/aromatic N) is 1. The quantitative estimate of drug-likeness (QED) is 0.214. The molecule has 0 spiro atoms. The van der Waals surface area contributed by atoms with Crippen molar-refractivity contribution in [1.29, 1.82) is 0 Å². The summed E-state index contributed by atoms with van der Waals surface area (Å²) in [5.41, 5.74) is 0.750. The third-order valence-corrected chi connectivity index (χ3v) is 0.0373. The van der Waals surface area contributed by atoms with Gasteiger partial charge in [0.25, 0.3) is 0 Å². The van der Waals surface area contributed by atoms with Crippen LogP contribution in [-0.4, -0.2) is 0 Å². The summed E-state index contributed by atoms with van der Waals surface area (Å²) < 4.78 is 0. The molecule has 5 heteroatoms. The second kappa shape index (κ2) is 8.89. The molecule has 0 bridgehead atoms. The van der Waals surface area contributed by atoms with Gasteiger partial charge >= 0.3 is 51.4 Å². The minimum Gasteiger partial charge on any atom is -0.742 e. The van der Waals surface area contributed by atoms with Crippen LogP contribution >= 0.6 is 0 Å². The Bertz CT molecular complexity index is 21.6. The minimum atomic E-state index is 0. The first-order chi connectivity index (χ1) is 1.91. The van der Waals surface area contributed by atoms with E-state index in [2.05, 4.69) is 0 Å². The molecule has 4 nitrogen and oxygen atoms in total. The van der Waals surface area contributed by atoms with Crippen molar-refractivity contribution in [1.82, 2.24) is 5.59 Å². The van der Waals surface area contributed by atoms with Crippen LogP contribution in [0.15, 0.2) is 5.29 Å². The molecule has 0 saturated heterocycles. The molecule has 0 aromatic rings. The van der Waals surface area contributed by atoms with Crippen molar-refractivity contribution in [3.63, 3.8) is 0 Å². The standard InChI is InChI=1S/K.HN2O2/c;3-1-2-4/h;(H-,1,2,3,4)/q+1;-1. The van der Waals surface area contributed by atoms with E-state index in [9.17, 15) is 0 Å². The maximum absolute atomic E-state index is 8.57. The molecule has 24 valence electrons. The number of nitrogens with one attached hydrogen (secondary N) is 1. The summed E-state index contributed by atoms with van der Waals surface area (Å²) in [5.74, 6) is 0. The fourth-order valence-electron chi connectivity index (χ4n) is 0. The predicted molar refractivity (Wildman–Crippen MR) is 12.3 cm³/mol. The monoisotopic (exact) mass is 100.0 g/mol. The number of nitroso groups, excluding NO2 is 1. The topological polar surface area (TPSA) is 64.5 Å². The van der Waals surface area contributed by atoms with Gasteiger partial charge < -0.3 is 10.8 Å². The van der Waals surface area contributed by atoms with Crippen molar-refractivity contribution in [2.45, 2.75) is 0 Å². The Kier molecular flexibility index (Phi) is 16.7. The fourth-order valence-corrected chi connectivity index (χ4v) is 0. The molecule has 1 N–H and O–H groups in total. The smallest absolute Gasteiger partial charge is 0.742 e. The van der Waals surface area contributed by atoms with Gasteiger partial charge in [-0.05, 0) is 0 Å². The molecular weight excluding hydrogens is 99.1 g/mol. The molecule has 0 aromatic heterocycles. The van der Waals surface area contributed by atoms with Gasteiger partial charge in [0.2, 0.25) is 0 Å². The Labute approximate surface area is 71.3 Å². The molecule has 0 radical (unpaired) electrons. The van der Waals surface area contributed by atoms with E-state index < -0.39 is 0 Å². The van der Waals surface area contributed by atoms with Gasteiger partial charge in [-0.3, -0.25) is 0 Å². The Balaban J connectivity index is 0. The van der Waals surface area contributed by atoms with E-state index in [0.717, 1.165) is 5.59 Å². The Morgan fingerprint density at radius 3 is 2.00 bits per heavy atom. The van der Waals surface area contributed by atoms with Crippen LogP contribution in [0.4, 0.5) is 0 Å². The first kappa shape index (κ1) is 9.37. The van der Waals surface area contributed by atoms with E-state index in [-0.39, 0.29) is 51.4 Å². The first-order valence-electron chi connectivity index (χ1n) is 0.610. The summed E-state index contributed by atoms with van der Waals surface area (Å²) in [4.78, 5) is 8.50. The van der Waals surface area contributed by atoms with Crippen molar-refractivity contribution in [3.8, 4) is 0 Å². The van der Waals surface area contributed by atoms with Crippen LogP contribution in [0.5, 0.6) is 0 Å². The van der Waals surface area contributed by atoms with Crippen LogP contribution in [0, 0.1) is 10.1 Å². The van der Waals surface area contributed by atoms with E-state index >= 15 is 0 Å². The molecule has 0 aliphatic carbocycles. The average molecular weight is 100 g/mol. The second-order valence-corrected chi connectivity index (χ2v) is 0.183. The van der Waals surface area contributed by atoms with Gasteiger partial charge in [-0.1, -0.05) is 0 Å². The van der Waals surface area contributed by atoms with Crippen molar-refractivity contribution < 1.29 is 51.4 Å². The molecular formula is HKN2O2. The van der Waals surface area contributed by atoms with Crippen LogP contribution in [-0.2, 0) is 0 Å². The van der Waals surface area contributed by atoms with Gasteiger partial charge in [-0.2, -0.15) is 0 Å². The molecule has 0 aliphatic rings. The van der Waals surface area contributed by atoms with Crippen molar-refractivity contribution in [3.05, 3.63) is 10.1 Å². The number of hydrogen-bond acceptors (Lipinski definition) is 3. The van der Waals surface area contributed by atoms with Gasteiger partial charge in [-0.25, -0.2) is 0 Å². The molecule has 0 amide bonds. The molecule has 0 heterocycles. The zero-order valence-corrected chi connectivity index (χ0v) is 5.89. The van der Waals surface area contributed by atoms with Crippen molar-refractivity contribution in [2.75, 3.05) is 0 Å². The van der Waals surface area contributed by atoms with E-state index in [1.54, 1.807) is 5.29 Å². The van der Waals surface area contributed by atoms with Crippen LogP contribution < -0.4 is 57.0 Å². The molecule has 5 heavy (non-hydrogen) atoms. The maximum atomic E-state index is 8.57. The van der Waals surface area contributed by atoms with E-state index in [4.69, 9.17) is 10.1 Å². The van der Waals surface area contributed by atoms with Gasteiger partial charge in [0, 0.05) is 5.29 Å². The normalized spacial score (nSPS) is 4.20. The molecule has 0 fully saturated rings. The first-order valence-corrected chi connectivity index (χ1v) is 0.610. The number of rotatable bonds is 1. The van der Waals surface area contributed by atoms with Crippen molar-refractivity contribution in [2.24, 2.45) is 5.29 Å². The van der Waals surface area contributed by atoms with Crippen LogP contribution in [0.25, 0.3) is 0 Å². The zero-order valence-electron chi connectivity index (χ0n) is 2.76.